The molecule has 0 saturated heterocycles. The lowest BCUT2D eigenvalue weighted by atomic mass is 10.0. The highest BCUT2D eigenvalue weighted by Crippen LogP contribution is 2.21. The third-order valence-corrected chi connectivity index (χ3v) is 4.02. The highest BCUT2D eigenvalue weighted by molar-refractivity contribution is 6.35. The van der Waals surface area contributed by atoms with Crippen LogP contribution >= 0.6 is 23.2 Å². The molecule has 0 aliphatic rings. The van der Waals surface area contributed by atoms with E-state index < -0.39 is 5.97 Å². The summed E-state index contributed by atoms with van der Waals surface area (Å²) < 4.78 is 4.97. The van der Waals surface area contributed by atoms with E-state index in [2.05, 4.69) is 5.32 Å². The van der Waals surface area contributed by atoms with Crippen molar-refractivity contribution >= 4 is 35.1 Å². The minimum Gasteiger partial charge on any atom is -0.452 e. The molecule has 1 N–H and O–H groups in total. The van der Waals surface area contributed by atoms with Crippen molar-refractivity contribution in [3.05, 3.63) is 69.7 Å². The summed E-state index contributed by atoms with van der Waals surface area (Å²) in [6.45, 7) is 2.09. The highest BCUT2D eigenvalue weighted by atomic mass is 35.5. The van der Waals surface area contributed by atoms with Crippen molar-refractivity contribution in [3.63, 3.8) is 0 Å². The number of carbonyl (C=O) groups is 2. The van der Waals surface area contributed by atoms with Crippen LogP contribution in [0.25, 0.3) is 0 Å². The lowest BCUT2D eigenvalue weighted by Gasteiger charge is -2.13. The van der Waals surface area contributed by atoms with Gasteiger partial charge in [-0.05, 0) is 29.7 Å². The number of nitrogens with one attached hydrogen (secondary N) is 1. The SMILES string of the molecule is C[C@H](CNC(=O)COC(=O)c1cc(Cl)ccc1Cl)c1ccccc1. The Balaban J connectivity index is 1.81. The quantitative estimate of drug-likeness (QED) is 0.784. The van der Waals surface area contributed by atoms with Gasteiger partial charge in [0.05, 0.1) is 10.6 Å². The molecule has 2 aromatic carbocycles. The molecule has 0 aromatic heterocycles. The van der Waals surface area contributed by atoms with E-state index in [-0.39, 0.29) is 29.0 Å². The Kier molecular flexibility index (Phi) is 6.64. The Morgan fingerprint density at radius 3 is 2.54 bits per heavy atom. The molecule has 6 heteroatoms. The lowest BCUT2D eigenvalue weighted by molar-refractivity contribution is -0.124. The van der Waals surface area contributed by atoms with Crippen molar-refractivity contribution in [1.29, 1.82) is 0 Å². The highest BCUT2D eigenvalue weighted by Gasteiger charge is 2.15. The molecular formula is C18H17Cl2NO3. The number of ether oxygens (including phenoxy) is 1. The fourth-order valence-corrected chi connectivity index (χ4v) is 2.45. The molecule has 0 fully saturated rings. The zero-order valence-electron chi connectivity index (χ0n) is 13.1. The van der Waals surface area contributed by atoms with E-state index in [1.54, 1.807) is 6.07 Å². The van der Waals surface area contributed by atoms with Gasteiger partial charge in [-0.2, -0.15) is 0 Å². The number of hydrogen-bond acceptors (Lipinski definition) is 3. The molecule has 4 nitrogen and oxygen atoms in total. The molecule has 2 aromatic rings. The van der Waals surface area contributed by atoms with Gasteiger partial charge in [0.25, 0.3) is 5.91 Å². The number of halogens is 2. The third kappa shape index (κ3) is 5.25. The van der Waals surface area contributed by atoms with E-state index >= 15 is 0 Å². The summed E-state index contributed by atoms with van der Waals surface area (Å²) in [7, 11) is 0. The second-order valence-corrected chi connectivity index (χ2v) is 6.16. The molecule has 0 spiro atoms. The van der Waals surface area contributed by atoms with E-state index in [9.17, 15) is 9.59 Å². The standard InChI is InChI=1S/C18H17Cl2NO3/c1-12(13-5-3-2-4-6-13)10-21-17(22)11-24-18(23)15-9-14(19)7-8-16(15)20/h2-9,12H,10-11H2,1H3,(H,21,22)/t12-/m1/s1. The monoisotopic (exact) mass is 365 g/mol. The van der Waals surface area contributed by atoms with Crippen molar-refractivity contribution < 1.29 is 14.3 Å². The lowest BCUT2D eigenvalue weighted by Crippen LogP contribution is -2.31. The summed E-state index contributed by atoms with van der Waals surface area (Å²) >= 11 is 11.7. The van der Waals surface area contributed by atoms with Crippen molar-refractivity contribution in [1.82, 2.24) is 5.32 Å². The number of esters is 1. The Labute approximate surface area is 150 Å². The van der Waals surface area contributed by atoms with Gasteiger partial charge in [-0.25, -0.2) is 4.79 Å². The van der Waals surface area contributed by atoms with E-state index in [1.807, 2.05) is 37.3 Å². The fourth-order valence-electron chi connectivity index (χ4n) is 2.08. The van der Waals surface area contributed by atoms with E-state index in [1.165, 1.54) is 12.1 Å². The summed E-state index contributed by atoms with van der Waals surface area (Å²) in [4.78, 5) is 23.8. The predicted octanol–water partition coefficient (Wildman–Crippen LogP) is 4.07. The van der Waals surface area contributed by atoms with Crippen LogP contribution in [-0.2, 0) is 9.53 Å². The van der Waals surface area contributed by atoms with Crippen molar-refractivity contribution in [2.75, 3.05) is 13.2 Å². The molecule has 2 rings (SSSR count). The first kappa shape index (κ1) is 18.3. The van der Waals surface area contributed by atoms with Crippen LogP contribution in [-0.4, -0.2) is 25.0 Å². The topological polar surface area (TPSA) is 55.4 Å². The summed E-state index contributed by atoms with van der Waals surface area (Å²) in [5.41, 5.74) is 1.26. The van der Waals surface area contributed by atoms with E-state index in [0.717, 1.165) is 5.56 Å². The van der Waals surface area contributed by atoms with Gasteiger partial charge in [-0.1, -0.05) is 60.5 Å². The Morgan fingerprint density at radius 2 is 1.83 bits per heavy atom. The maximum Gasteiger partial charge on any atom is 0.340 e. The van der Waals surface area contributed by atoms with Crippen LogP contribution in [0.2, 0.25) is 10.0 Å². The maximum absolute atomic E-state index is 11.9. The largest absolute Gasteiger partial charge is 0.452 e. The van der Waals surface area contributed by atoms with Crippen molar-refractivity contribution in [3.8, 4) is 0 Å². The van der Waals surface area contributed by atoms with Gasteiger partial charge in [0.15, 0.2) is 6.61 Å². The summed E-state index contributed by atoms with van der Waals surface area (Å²) in [6.07, 6.45) is 0. The normalized spacial score (nSPS) is 11.6. The molecule has 0 aliphatic carbocycles. The summed E-state index contributed by atoms with van der Waals surface area (Å²) in [5.74, 6) is -0.897. The number of carbonyl (C=O) groups excluding carboxylic acids is 2. The molecule has 0 unspecified atom stereocenters. The van der Waals surface area contributed by atoms with Gasteiger partial charge < -0.3 is 10.1 Å². The first-order chi connectivity index (χ1) is 11.5. The molecule has 1 amide bonds. The Morgan fingerprint density at radius 1 is 1.12 bits per heavy atom. The van der Waals surface area contributed by atoms with Gasteiger partial charge >= 0.3 is 5.97 Å². The summed E-state index contributed by atoms with van der Waals surface area (Å²) in [6, 6.07) is 14.3. The third-order valence-electron chi connectivity index (χ3n) is 3.46. The number of hydrogen-bond donors (Lipinski definition) is 1. The molecule has 0 aliphatic heterocycles. The molecular weight excluding hydrogens is 349 g/mol. The van der Waals surface area contributed by atoms with E-state index in [0.29, 0.717) is 11.6 Å². The van der Waals surface area contributed by atoms with Crippen LogP contribution in [0.3, 0.4) is 0 Å². The smallest absolute Gasteiger partial charge is 0.340 e. The van der Waals surface area contributed by atoms with Gasteiger partial charge in [-0.3, -0.25) is 4.79 Å². The predicted molar refractivity (Wildman–Crippen MR) is 94.6 cm³/mol. The molecule has 0 saturated carbocycles. The van der Waals surface area contributed by atoms with Gasteiger partial charge in [0, 0.05) is 11.6 Å². The fraction of sp³-hybridized carbons (Fsp3) is 0.222. The average molecular weight is 366 g/mol. The van der Waals surface area contributed by atoms with E-state index in [4.69, 9.17) is 27.9 Å². The van der Waals surface area contributed by atoms with Gasteiger partial charge in [0.2, 0.25) is 0 Å². The van der Waals surface area contributed by atoms with Crippen LogP contribution in [0.4, 0.5) is 0 Å². The van der Waals surface area contributed by atoms with Crippen molar-refractivity contribution in [2.24, 2.45) is 0 Å². The summed E-state index contributed by atoms with van der Waals surface area (Å²) in [5, 5.41) is 3.33. The van der Waals surface area contributed by atoms with Crippen LogP contribution < -0.4 is 5.32 Å². The number of benzene rings is 2. The molecule has 0 radical (unpaired) electrons. The van der Waals surface area contributed by atoms with Crippen LogP contribution in [0.1, 0.15) is 28.8 Å². The second-order valence-electron chi connectivity index (χ2n) is 5.32. The minimum absolute atomic E-state index is 0.134. The molecule has 0 bridgehead atoms. The zero-order chi connectivity index (χ0) is 17.5. The zero-order valence-corrected chi connectivity index (χ0v) is 14.6. The van der Waals surface area contributed by atoms with Crippen LogP contribution in [0, 0.1) is 0 Å². The van der Waals surface area contributed by atoms with Crippen LogP contribution in [0.15, 0.2) is 48.5 Å². The first-order valence-corrected chi connectivity index (χ1v) is 8.17. The number of rotatable bonds is 6. The van der Waals surface area contributed by atoms with Crippen molar-refractivity contribution in [2.45, 2.75) is 12.8 Å². The number of amides is 1. The second kappa shape index (κ2) is 8.71. The molecule has 0 heterocycles. The Hall–Kier alpha value is -2.04. The minimum atomic E-state index is -0.686. The molecule has 1 atom stereocenters. The maximum atomic E-state index is 11.9. The average Bonchev–Trinajstić information content (AvgIpc) is 2.60. The molecule has 24 heavy (non-hydrogen) atoms. The van der Waals surface area contributed by atoms with Gasteiger partial charge in [-0.15, -0.1) is 0 Å². The Bertz CT molecular complexity index is 719. The van der Waals surface area contributed by atoms with Crippen LogP contribution in [0.5, 0.6) is 0 Å². The molecule has 126 valence electrons. The first-order valence-electron chi connectivity index (χ1n) is 7.41. The van der Waals surface area contributed by atoms with Gasteiger partial charge in [0.1, 0.15) is 0 Å².